The Kier molecular flexibility index (Phi) is 4.03. The summed E-state index contributed by atoms with van der Waals surface area (Å²) >= 11 is 0. The maximum absolute atomic E-state index is 9.10. The van der Waals surface area contributed by atoms with E-state index in [0.29, 0.717) is 6.04 Å². The van der Waals surface area contributed by atoms with Crippen LogP contribution in [0.5, 0.6) is 0 Å². The molecule has 1 aliphatic carbocycles. The standard InChI is InChI=1S/C18H21NO/c20-13-14-9-11-16(12-10-14)19-18-8-4-2-6-15-5-1-3-7-17(15)18/h1,3,5,7,9-12,18-20H,2,4,6,8,13H2. The lowest BCUT2D eigenvalue weighted by molar-refractivity contribution is 0.282. The molecule has 0 aliphatic heterocycles. The number of aryl methyl sites for hydroxylation is 1. The summed E-state index contributed by atoms with van der Waals surface area (Å²) < 4.78 is 0. The van der Waals surface area contributed by atoms with Crippen LogP contribution in [0.4, 0.5) is 5.69 Å². The molecule has 0 aromatic heterocycles. The largest absolute Gasteiger partial charge is 0.392 e. The Balaban J connectivity index is 1.82. The summed E-state index contributed by atoms with van der Waals surface area (Å²) in [5.74, 6) is 0. The zero-order chi connectivity index (χ0) is 13.8. The van der Waals surface area contributed by atoms with E-state index < -0.39 is 0 Å². The predicted octanol–water partition coefficient (Wildman–Crippen LogP) is 4.06. The molecule has 104 valence electrons. The van der Waals surface area contributed by atoms with E-state index in [1.165, 1.54) is 36.8 Å². The topological polar surface area (TPSA) is 32.3 Å². The maximum atomic E-state index is 9.10. The predicted molar refractivity (Wildman–Crippen MR) is 82.7 cm³/mol. The number of fused-ring (bicyclic) bond motifs is 1. The van der Waals surface area contributed by atoms with Crippen LogP contribution in [0.25, 0.3) is 0 Å². The van der Waals surface area contributed by atoms with Gasteiger partial charge in [0.1, 0.15) is 0 Å². The molecule has 3 rings (SSSR count). The van der Waals surface area contributed by atoms with Gasteiger partial charge in [-0.1, -0.05) is 42.8 Å². The Morgan fingerprint density at radius 3 is 2.60 bits per heavy atom. The summed E-state index contributed by atoms with van der Waals surface area (Å²) in [4.78, 5) is 0. The van der Waals surface area contributed by atoms with E-state index in [4.69, 9.17) is 5.11 Å². The van der Waals surface area contributed by atoms with Crippen molar-refractivity contribution in [3.05, 3.63) is 65.2 Å². The molecule has 0 saturated carbocycles. The molecule has 0 radical (unpaired) electrons. The molecule has 1 aliphatic rings. The van der Waals surface area contributed by atoms with Gasteiger partial charge >= 0.3 is 0 Å². The zero-order valence-electron chi connectivity index (χ0n) is 11.7. The van der Waals surface area contributed by atoms with Gasteiger partial charge < -0.3 is 10.4 Å². The molecule has 2 heteroatoms. The molecule has 0 bridgehead atoms. The van der Waals surface area contributed by atoms with Crippen LogP contribution in [0.1, 0.15) is 42.0 Å². The fourth-order valence-corrected chi connectivity index (χ4v) is 2.98. The van der Waals surface area contributed by atoms with E-state index in [-0.39, 0.29) is 6.61 Å². The lowest BCUT2D eigenvalue weighted by Crippen LogP contribution is -2.11. The van der Waals surface area contributed by atoms with Crippen molar-refractivity contribution in [3.63, 3.8) is 0 Å². The van der Waals surface area contributed by atoms with Gasteiger partial charge in [0, 0.05) is 5.69 Å². The third kappa shape index (κ3) is 2.86. The van der Waals surface area contributed by atoms with Gasteiger partial charge in [-0.2, -0.15) is 0 Å². The first-order valence-corrected chi connectivity index (χ1v) is 7.41. The minimum Gasteiger partial charge on any atom is -0.392 e. The average Bonchev–Trinajstić information content (AvgIpc) is 2.71. The molecule has 0 saturated heterocycles. The monoisotopic (exact) mass is 267 g/mol. The van der Waals surface area contributed by atoms with Gasteiger partial charge in [-0.05, 0) is 48.1 Å². The first kappa shape index (κ1) is 13.2. The third-order valence-electron chi connectivity index (χ3n) is 4.10. The summed E-state index contributed by atoms with van der Waals surface area (Å²) in [6.07, 6.45) is 4.91. The van der Waals surface area contributed by atoms with E-state index in [1.54, 1.807) is 0 Å². The van der Waals surface area contributed by atoms with Crippen molar-refractivity contribution < 1.29 is 5.11 Å². The van der Waals surface area contributed by atoms with Crippen LogP contribution in [-0.4, -0.2) is 5.11 Å². The van der Waals surface area contributed by atoms with Crippen molar-refractivity contribution in [1.82, 2.24) is 0 Å². The van der Waals surface area contributed by atoms with Crippen LogP contribution in [0, 0.1) is 0 Å². The number of nitrogens with one attached hydrogen (secondary N) is 1. The van der Waals surface area contributed by atoms with Crippen LogP contribution in [0.2, 0.25) is 0 Å². The van der Waals surface area contributed by atoms with E-state index in [1.807, 2.05) is 12.1 Å². The fraction of sp³-hybridized carbons (Fsp3) is 0.333. The highest BCUT2D eigenvalue weighted by Crippen LogP contribution is 2.31. The van der Waals surface area contributed by atoms with Crippen LogP contribution in [0.3, 0.4) is 0 Å². The van der Waals surface area contributed by atoms with Gasteiger partial charge in [-0.3, -0.25) is 0 Å². The van der Waals surface area contributed by atoms with E-state index in [0.717, 1.165) is 11.3 Å². The van der Waals surface area contributed by atoms with E-state index >= 15 is 0 Å². The van der Waals surface area contributed by atoms with Crippen molar-refractivity contribution in [2.24, 2.45) is 0 Å². The molecule has 20 heavy (non-hydrogen) atoms. The first-order chi connectivity index (χ1) is 9.86. The van der Waals surface area contributed by atoms with Crippen molar-refractivity contribution in [2.75, 3.05) is 5.32 Å². The molecule has 0 spiro atoms. The van der Waals surface area contributed by atoms with E-state index in [9.17, 15) is 0 Å². The molecule has 1 atom stereocenters. The number of anilines is 1. The highest BCUT2D eigenvalue weighted by atomic mass is 16.3. The molecule has 2 N–H and O–H groups in total. The van der Waals surface area contributed by atoms with Crippen LogP contribution in [0.15, 0.2) is 48.5 Å². The molecule has 2 nitrogen and oxygen atoms in total. The van der Waals surface area contributed by atoms with Crippen molar-refractivity contribution in [2.45, 2.75) is 38.3 Å². The van der Waals surface area contributed by atoms with Gasteiger partial charge in [-0.15, -0.1) is 0 Å². The van der Waals surface area contributed by atoms with Crippen molar-refractivity contribution in [3.8, 4) is 0 Å². The first-order valence-electron chi connectivity index (χ1n) is 7.41. The Morgan fingerprint density at radius 2 is 1.80 bits per heavy atom. The highest BCUT2D eigenvalue weighted by molar-refractivity contribution is 5.48. The minimum atomic E-state index is 0.104. The Hall–Kier alpha value is -1.80. The maximum Gasteiger partial charge on any atom is 0.0681 e. The van der Waals surface area contributed by atoms with Crippen molar-refractivity contribution >= 4 is 5.69 Å². The number of aliphatic hydroxyl groups is 1. The minimum absolute atomic E-state index is 0.104. The van der Waals surface area contributed by atoms with Gasteiger partial charge in [0.25, 0.3) is 0 Å². The smallest absolute Gasteiger partial charge is 0.0681 e. The molecular weight excluding hydrogens is 246 g/mol. The molecule has 0 amide bonds. The lowest BCUT2D eigenvalue weighted by Gasteiger charge is -2.20. The summed E-state index contributed by atoms with van der Waals surface area (Å²) in [6, 6.07) is 17.2. The Labute approximate surface area is 120 Å². The number of aliphatic hydroxyl groups excluding tert-OH is 1. The summed E-state index contributed by atoms with van der Waals surface area (Å²) in [7, 11) is 0. The Morgan fingerprint density at radius 1 is 1.00 bits per heavy atom. The van der Waals surface area contributed by atoms with Gasteiger partial charge in [0.2, 0.25) is 0 Å². The fourth-order valence-electron chi connectivity index (χ4n) is 2.98. The Bertz CT molecular complexity index is 562. The normalized spacial score (nSPS) is 18.1. The lowest BCUT2D eigenvalue weighted by atomic mass is 9.99. The molecule has 2 aromatic rings. The quantitative estimate of drug-likeness (QED) is 0.822. The number of hydrogen-bond acceptors (Lipinski definition) is 2. The molecule has 2 aromatic carbocycles. The number of rotatable bonds is 3. The van der Waals surface area contributed by atoms with E-state index in [2.05, 4.69) is 41.7 Å². The molecule has 0 fully saturated rings. The van der Waals surface area contributed by atoms with Gasteiger partial charge in [0.05, 0.1) is 12.6 Å². The highest BCUT2D eigenvalue weighted by Gasteiger charge is 2.17. The second kappa shape index (κ2) is 6.10. The molecular formula is C18H21NO. The van der Waals surface area contributed by atoms with Gasteiger partial charge in [-0.25, -0.2) is 0 Å². The second-order valence-corrected chi connectivity index (χ2v) is 5.50. The van der Waals surface area contributed by atoms with Crippen molar-refractivity contribution in [1.29, 1.82) is 0 Å². The average molecular weight is 267 g/mol. The molecule has 0 heterocycles. The number of hydrogen-bond donors (Lipinski definition) is 2. The SMILES string of the molecule is OCc1ccc(NC2CCCCc3ccccc32)cc1. The summed E-state index contributed by atoms with van der Waals surface area (Å²) in [6.45, 7) is 0.104. The molecule has 1 unspecified atom stereocenters. The van der Waals surface area contributed by atoms with Crippen LogP contribution in [-0.2, 0) is 13.0 Å². The summed E-state index contributed by atoms with van der Waals surface area (Å²) in [5.41, 5.74) is 5.01. The van der Waals surface area contributed by atoms with Gasteiger partial charge in [0.15, 0.2) is 0 Å². The zero-order valence-corrected chi connectivity index (χ0v) is 11.7. The number of benzene rings is 2. The van der Waals surface area contributed by atoms with Crippen LogP contribution < -0.4 is 5.32 Å². The van der Waals surface area contributed by atoms with Crippen LogP contribution >= 0.6 is 0 Å². The third-order valence-corrected chi connectivity index (χ3v) is 4.10. The summed E-state index contributed by atoms with van der Waals surface area (Å²) in [5, 5.41) is 12.7. The second-order valence-electron chi connectivity index (χ2n) is 5.50.